The summed E-state index contributed by atoms with van der Waals surface area (Å²) in [6.07, 6.45) is -0.463. The number of rotatable bonds is 4. The van der Waals surface area contributed by atoms with Crippen LogP contribution in [-0.2, 0) is 4.79 Å². The molecule has 0 heterocycles. The molecule has 3 nitrogen and oxygen atoms in total. The summed E-state index contributed by atoms with van der Waals surface area (Å²) in [5.41, 5.74) is -0.329. The monoisotopic (exact) mass is 292 g/mol. The van der Waals surface area contributed by atoms with Gasteiger partial charge >= 0.3 is 5.97 Å². The third-order valence-electron chi connectivity index (χ3n) is 1.83. The maximum atomic E-state index is 13.2. The van der Waals surface area contributed by atoms with Crippen molar-refractivity contribution in [3.63, 3.8) is 0 Å². The first-order valence-electron chi connectivity index (χ1n) is 4.27. The Bertz CT molecular complexity index is 434. The highest BCUT2D eigenvalue weighted by Gasteiger charge is 2.22. The van der Waals surface area contributed by atoms with E-state index >= 15 is 0 Å². The minimum atomic E-state index is -1.18. The van der Waals surface area contributed by atoms with Crippen LogP contribution in [0, 0.1) is 11.6 Å². The Morgan fingerprint density at radius 3 is 2.50 bits per heavy atom. The molecule has 0 saturated carbocycles. The average molecular weight is 293 g/mol. The summed E-state index contributed by atoms with van der Waals surface area (Å²) in [6.45, 7) is 0. The average Bonchev–Trinajstić information content (AvgIpc) is 2.15. The number of halogens is 3. The van der Waals surface area contributed by atoms with E-state index in [1.165, 1.54) is 0 Å². The van der Waals surface area contributed by atoms with Crippen molar-refractivity contribution >= 4 is 27.7 Å². The number of carbonyl (C=O) groups excluding carboxylic acids is 1. The van der Waals surface area contributed by atoms with Gasteiger partial charge < -0.3 is 5.11 Å². The molecule has 1 unspecified atom stereocenters. The molecule has 0 aromatic heterocycles. The molecule has 1 aromatic carbocycles. The first-order valence-corrected chi connectivity index (χ1v) is 5.18. The number of alkyl halides is 1. The Morgan fingerprint density at radius 2 is 2.00 bits per heavy atom. The molecule has 0 aliphatic carbocycles. The molecular weight excluding hydrogens is 286 g/mol. The maximum Gasteiger partial charge on any atom is 0.304 e. The van der Waals surface area contributed by atoms with Gasteiger partial charge in [0.2, 0.25) is 0 Å². The first kappa shape index (κ1) is 12.8. The van der Waals surface area contributed by atoms with Crippen LogP contribution < -0.4 is 0 Å². The minimum absolute atomic E-state index is 0.329. The minimum Gasteiger partial charge on any atom is -0.481 e. The smallest absolute Gasteiger partial charge is 0.304 e. The van der Waals surface area contributed by atoms with Gasteiger partial charge in [-0.15, -0.1) is 0 Å². The van der Waals surface area contributed by atoms with Crippen LogP contribution in [0.1, 0.15) is 16.8 Å². The van der Waals surface area contributed by atoms with Gasteiger partial charge in [0.25, 0.3) is 0 Å². The van der Waals surface area contributed by atoms with E-state index in [1.807, 2.05) is 0 Å². The maximum absolute atomic E-state index is 13.2. The summed E-state index contributed by atoms with van der Waals surface area (Å²) in [4.78, 5) is 20.9. The Morgan fingerprint density at radius 1 is 1.38 bits per heavy atom. The number of hydrogen-bond donors (Lipinski definition) is 1. The summed E-state index contributed by atoms with van der Waals surface area (Å²) >= 11 is 2.84. The zero-order valence-corrected chi connectivity index (χ0v) is 9.50. The third kappa shape index (κ3) is 3.10. The van der Waals surface area contributed by atoms with E-state index in [0.717, 1.165) is 12.1 Å². The van der Waals surface area contributed by atoms with Crippen LogP contribution in [0.15, 0.2) is 18.2 Å². The molecule has 0 aliphatic heterocycles. The number of carbonyl (C=O) groups is 2. The van der Waals surface area contributed by atoms with Crippen LogP contribution in [0.4, 0.5) is 8.78 Å². The van der Waals surface area contributed by atoms with Gasteiger partial charge in [0, 0.05) is 6.07 Å². The molecule has 1 N–H and O–H groups in total. The van der Waals surface area contributed by atoms with E-state index in [4.69, 9.17) is 5.11 Å². The summed E-state index contributed by atoms with van der Waals surface area (Å²) in [7, 11) is 0. The van der Waals surface area contributed by atoms with Crippen molar-refractivity contribution in [3.05, 3.63) is 35.4 Å². The number of Topliss-reactive ketones (excluding diaryl/α,β-unsaturated/α-hetero) is 1. The highest BCUT2D eigenvalue weighted by Crippen LogP contribution is 2.17. The van der Waals surface area contributed by atoms with Crippen molar-refractivity contribution in [2.75, 3.05) is 0 Å². The molecule has 0 radical (unpaired) electrons. The largest absolute Gasteiger partial charge is 0.481 e. The quantitative estimate of drug-likeness (QED) is 0.685. The fourth-order valence-corrected chi connectivity index (χ4v) is 1.63. The fourth-order valence-electron chi connectivity index (χ4n) is 1.10. The summed E-state index contributed by atoms with van der Waals surface area (Å²) in [5.74, 6) is -3.70. The second kappa shape index (κ2) is 5.16. The molecule has 0 saturated heterocycles. The van der Waals surface area contributed by atoms with Crippen molar-refractivity contribution in [1.29, 1.82) is 0 Å². The van der Waals surface area contributed by atoms with Crippen LogP contribution >= 0.6 is 15.9 Å². The number of hydrogen-bond acceptors (Lipinski definition) is 2. The van der Waals surface area contributed by atoms with Gasteiger partial charge in [0.05, 0.1) is 16.8 Å². The topological polar surface area (TPSA) is 54.4 Å². The number of benzene rings is 1. The Labute approximate surface area is 98.2 Å². The zero-order valence-electron chi connectivity index (χ0n) is 7.91. The first-order chi connectivity index (χ1) is 7.41. The lowest BCUT2D eigenvalue weighted by Gasteiger charge is -2.06. The highest BCUT2D eigenvalue weighted by molar-refractivity contribution is 9.10. The molecule has 0 spiro atoms. The van der Waals surface area contributed by atoms with Gasteiger partial charge in [-0.3, -0.25) is 9.59 Å². The summed E-state index contributed by atoms with van der Waals surface area (Å²) < 4.78 is 25.7. The van der Waals surface area contributed by atoms with Crippen LogP contribution in [0.25, 0.3) is 0 Å². The lowest BCUT2D eigenvalue weighted by molar-refractivity contribution is -0.136. The lowest BCUT2D eigenvalue weighted by Crippen LogP contribution is -2.19. The molecule has 1 aromatic rings. The van der Waals surface area contributed by atoms with Crippen LogP contribution in [0.3, 0.4) is 0 Å². The molecule has 16 heavy (non-hydrogen) atoms. The molecule has 0 fully saturated rings. The standard InChI is InChI=1S/C10H7BrF2O3/c11-7(4-9(14)15)10(16)6-2-1-5(12)3-8(6)13/h1-3,7H,4H2,(H,14,15). The second-order valence-corrected chi connectivity index (χ2v) is 4.16. The van der Waals surface area contributed by atoms with Gasteiger partial charge in [0.15, 0.2) is 5.78 Å². The highest BCUT2D eigenvalue weighted by atomic mass is 79.9. The van der Waals surface area contributed by atoms with E-state index in [0.29, 0.717) is 6.07 Å². The van der Waals surface area contributed by atoms with Crippen molar-refractivity contribution < 1.29 is 23.5 Å². The van der Waals surface area contributed by atoms with Gasteiger partial charge in [-0.2, -0.15) is 0 Å². The van der Waals surface area contributed by atoms with E-state index in [2.05, 4.69) is 15.9 Å². The van der Waals surface area contributed by atoms with Crippen molar-refractivity contribution in [2.45, 2.75) is 11.2 Å². The number of carboxylic acid groups (broad SMARTS) is 1. The fraction of sp³-hybridized carbons (Fsp3) is 0.200. The summed E-state index contributed by atoms with van der Waals surface area (Å²) in [6, 6.07) is 2.51. The molecule has 6 heteroatoms. The molecule has 86 valence electrons. The molecule has 0 bridgehead atoms. The van der Waals surface area contributed by atoms with E-state index in [1.54, 1.807) is 0 Å². The summed E-state index contributed by atoms with van der Waals surface area (Å²) in [5, 5.41) is 8.46. The van der Waals surface area contributed by atoms with Crippen LogP contribution in [-0.4, -0.2) is 21.7 Å². The van der Waals surface area contributed by atoms with Gasteiger partial charge in [-0.05, 0) is 12.1 Å². The Hall–Kier alpha value is -1.30. The van der Waals surface area contributed by atoms with Crippen molar-refractivity contribution in [3.8, 4) is 0 Å². The van der Waals surface area contributed by atoms with Gasteiger partial charge in [-0.25, -0.2) is 8.78 Å². The van der Waals surface area contributed by atoms with E-state index in [9.17, 15) is 18.4 Å². The van der Waals surface area contributed by atoms with Crippen molar-refractivity contribution in [1.82, 2.24) is 0 Å². The Kier molecular flexibility index (Phi) is 4.12. The van der Waals surface area contributed by atoms with Gasteiger partial charge in [-0.1, -0.05) is 15.9 Å². The normalized spacial score (nSPS) is 12.2. The number of carboxylic acids is 1. The lowest BCUT2D eigenvalue weighted by atomic mass is 10.1. The van der Waals surface area contributed by atoms with Gasteiger partial charge in [0.1, 0.15) is 11.6 Å². The van der Waals surface area contributed by atoms with Crippen LogP contribution in [0.2, 0.25) is 0 Å². The number of ketones is 1. The predicted molar refractivity (Wildman–Crippen MR) is 55.7 cm³/mol. The van der Waals surface area contributed by atoms with E-state index in [-0.39, 0.29) is 5.56 Å². The molecule has 0 aliphatic rings. The zero-order chi connectivity index (χ0) is 12.3. The molecule has 1 atom stereocenters. The SMILES string of the molecule is O=C(O)CC(Br)C(=O)c1ccc(F)cc1F. The number of aliphatic carboxylic acids is 1. The predicted octanol–water partition coefficient (Wildman–Crippen LogP) is 2.39. The van der Waals surface area contributed by atoms with Crippen molar-refractivity contribution in [2.24, 2.45) is 0 Å². The van der Waals surface area contributed by atoms with E-state index < -0.39 is 34.6 Å². The molecular formula is C10H7BrF2O3. The van der Waals surface area contributed by atoms with Crippen LogP contribution in [0.5, 0.6) is 0 Å². The molecule has 0 amide bonds. The third-order valence-corrected chi connectivity index (χ3v) is 2.57. The molecule has 1 rings (SSSR count). The Balaban J connectivity index is 2.92. The second-order valence-electron chi connectivity index (χ2n) is 3.05.